The zero-order valence-corrected chi connectivity index (χ0v) is 58.1. The van der Waals surface area contributed by atoms with E-state index in [4.69, 9.17) is 26.5 Å². The Morgan fingerprint density at radius 2 is 0.977 bits per heavy atom. The number of hydrogen-bond donors (Lipinski definition) is 0. The molecule has 26 heteroatoms. The largest absolute Gasteiger partial charge is 0.452 e. The van der Waals surface area contributed by atoms with Gasteiger partial charge in [0, 0.05) is 103 Å². The standard InChI is InChI=1S/C6H10N2.4C5H7NO.3C5H7NS.3C4H5NO.2C4H5NS/c1-5-4-6(2)8(3)7-5;2*1-4-3-7-5(2)6-4;2*1-4-3-6-5(2)7-4;2*1-4-3-7-5(2)6-4;1-4-3-6-5(2)7-4;1-4-2-6-3-5-4;1-4-2-5-3-6-4;1-4-5-2-3-6-4;1-4-2-6-3-5-4;1-4-5-2-3-6-4/h4H,1-3H3;7*3H,1-2H3;5*2-3H,1H3. The van der Waals surface area contributed by atoms with Crippen LogP contribution in [0.25, 0.3) is 0 Å². The van der Waals surface area contributed by atoms with Crippen molar-refractivity contribution in [2.24, 2.45) is 7.05 Å². The molecule has 21 nitrogen and oxygen atoms in total. The minimum Gasteiger partial charge on any atom is -0.452 e. The van der Waals surface area contributed by atoms with Crippen LogP contribution >= 0.6 is 56.7 Å². The summed E-state index contributed by atoms with van der Waals surface area (Å²) in [5, 5.41) is 16.8. The molecule has 0 N–H and O–H groups in total. The minimum atomic E-state index is 0.718. The number of oxazole rings is 7. The molecule has 87 heavy (non-hydrogen) atoms. The fraction of sp³-hybridized carbons (Fsp3) is 0.361. The van der Waals surface area contributed by atoms with Gasteiger partial charge in [-0.15, -0.1) is 56.7 Å². The van der Waals surface area contributed by atoms with E-state index in [-0.39, 0.29) is 0 Å². The molecule has 0 aliphatic rings. The summed E-state index contributed by atoms with van der Waals surface area (Å²) in [6.07, 6.45) is 19.6. The highest BCUT2D eigenvalue weighted by atomic mass is 32.1. The maximum absolute atomic E-state index is 4.97. The number of aryl methyl sites for hydroxylation is 22. The molecule has 13 rings (SSSR count). The molecular weight excluding hydrogens is 1200 g/mol. The third kappa shape index (κ3) is 43.2. The second-order valence-electron chi connectivity index (χ2n) is 18.0. The SMILES string of the molecule is Cc1cc(C)n(C)n1.Cc1cnc(C)o1.Cc1cnc(C)o1.Cc1cnc(C)s1.Cc1cnco1.Cc1coc(C)n1.Cc1coc(C)n1.Cc1cocn1.Cc1csc(C)n1.Cc1csc(C)n1.Cc1cscn1.Cc1ncco1.Cc1nccs1. The van der Waals surface area contributed by atoms with Gasteiger partial charge in [-0.3, -0.25) is 14.6 Å². The number of aromatic nitrogens is 14. The highest BCUT2D eigenvalue weighted by Crippen LogP contribution is 2.09. The molecule has 0 fully saturated rings. The molecular formula is C61H84N14O7S5. The second kappa shape index (κ2) is 45.2. The van der Waals surface area contributed by atoms with Crippen LogP contribution in [0, 0.1) is 145 Å². The first-order chi connectivity index (χ1) is 41.2. The molecule has 13 heterocycles. The van der Waals surface area contributed by atoms with Gasteiger partial charge in [-0.2, -0.15) is 5.10 Å². The van der Waals surface area contributed by atoms with Gasteiger partial charge in [0.25, 0.3) is 0 Å². The van der Waals surface area contributed by atoms with Gasteiger partial charge in [-0.25, -0.2) is 49.8 Å². The van der Waals surface area contributed by atoms with Crippen LogP contribution < -0.4 is 0 Å². The Kier molecular flexibility index (Phi) is 39.9. The fourth-order valence-electron chi connectivity index (χ4n) is 5.44. The van der Waals surface area contributed by atoms with Crippen LogP contribution in [-0.4, -0.2) is 69.6 Å². The van der Waals surface area contributed by atoms with E-state index in [0.717, 1.165) is 107 Å². The Morgan fingerprint density at radius 1 is 0.402 bits per heavy atom. The lowest BCUT2D eigenvalue weighted by Crippen LogP contribution is -1.91. The molecule has 0 unspecified atom stereocenters. The monoisotopic (exact) mass is 1280 g/mol. The molecule has 0 bridgehead atoms. The van der Waals surface area contributed by atoms with Gasteiger partial charge in [-0.05, 0) is 117 Å². The van der Waals surface area contributed by atoms with Gasteiger partial charge in [0.15, 0.2) is 42.2 Å². The van der Waals surface area contributed by atoms with Crippen LogP contribution in [0.5, 0.6) is 0 Å². The van der Waals surface area contributed by atoms with Crippen molar-refractivity contribution >= 4 is 56.7 Å². The van der Waals surface area contributed by atoms with Gasteiger partial charge in [0.05, 0.1) is 73.1 Å². The van der Waals surface area contributed by atoms with Crippen LogP contribution in [0.15, 0.2) is 139 Å². The lowest BCUT2D eigenvalue weighted by Gasteiger charge is -1.87. The lowest BCUT2D eigenvalue weighted by atomic mass is 10.4. The van der Waals surface area contributed by atoms with Crippen molar-refractivity contribution < 1.29 is 30.9 Å². The van der Waals surface area contributed by atoms with Gasteiger partial charge in [-0.1, -0.05) is 0 Å². The number of rotatable bonds is 0. The summed E-state index contributed by atoms with van der Waals surface area (Å²) in [4.78, 5) is 48.2. The molecule has 0 saturated carbocycles. The minimum absolute atomic E-state index is 0.718. The summed E-state index contributed by atoms with van der Waals surface area (Å²) in [6, 6.07) is 2.06. The topological polar surface area (TPSA) is 264 Å². The van der Waals surface area contributed by atoms with Crippen molar-refractivity contribution in [2.75, 3.05) is 0 Å². The third-order valence-corrected chi connectivity index (χ3v) is 13.2. The summed E-state index contributed by atoms with van der Waals surface area (Å²) in [6.45, 7) is 40.5. The number of hydrogen-bond acceptors (Lipinski definition) is 25. The molecule has 0 radical (unpaired) electrons. The van der Waals surface area contributed by atoms with E-state index in [0.29, 0.717) is 0 Å². The summed E-state index contributed by atoms with van der Waals surface area (Å²) in [5.74, 6) is 6.25. The van der Waals surface area contributed by atoms with E-state index in [9.17, 15) is 0 Å². The lowest BCUT2D eigenvalue weighted by molar-refractivity contribution is 0.494. The van der Waals surface area contributed by atoms with E-state index >= 15 is 0 Å². The molecule has 0 aromatic carbocycles. The highest BCUT2D eigenvalue weighted by molar-refractivity contribution is 7.11. The Labute approximate surface area is 531 Å². The molecule has 13 aromatic heterocycles. The highest BCUT2D eigenvalue weighted by Gasteiger charge is 1.93. The second-order valence-corrected chi connectivity index (χ2v) is 23.4. The molecule has 0 spiro atoms. The molecule has 0 aliphatic heterocycles. The van der Waals surface area contributed by atoms with E-state index in [1.54, 1.807) is 120 Å². The molecule has 13 aromatic rings. The van der Waals surface area contributed by atoms with Crippen LogP contribution in [0.3, 0.4) is 0 Å². The van der Waals surface area contributed by atoms with Gasteiger partial charge < -0.3 is 30.9 Å². The van der Waals surface area contributed by atoms with E-state index in [1.807, 2.05) is 166 Å². The first-order valence-electron chi connectivity index (χ1n) is 26.6. The van der Waals surface area contributed by atoms with E-state index in [1.165, 1.54) is 23.4 Å². The van der Waals surface area contributed by atoms with Crippen molar-refractivity contribution in [3.05, 3.63) is 225 Å². The van der Waals surface area contributed by atoms with E-state index in [2.05, 4.69) is 93.1 Å². The average Bonchev–Trinajstić information content (AvgIpc) is 4.48. The van der Waals surface area contributed by atoms with Crippen molar-refractivity contribution in [3.8, 4) is 0 Å². The third-order valence-electron chi connectivity index (χ3n) is 9.16. The zero-order chi connectivity index (χ0) is 65.1. The first-order valence-corrected chi connectivity index (χ1v) is 31.0. The Bertz CT molecular complexity index is 2910. The molecule has 470 valence electrons. The van der Waals surface area contributed by atoms with Crippen LogP contribution in [0.1, 0.15) is 117 Å². The molecule has 0 aliphatic carbocycles. The van der Waals surface area contributed by atoms with Crippen LogP contribution in [0.4, 0.5) is 0 Å². The number of nitrogens with zero attached hydrogens (tertiary/aromatic N) is 14. The summed E-state index contributed by atoms with van der Waals surface area (Å²) >= 11 is 8.41. The summed E-state index contributed by atoms with van der Waals surface area (Å²) in [5.41, 5.74) is 10.3. The summed E-state index contributed by atoms with van der Waals surface area (Å²) < 4.78 is 35.6. The predicted octanol–water partition coefficient (Wildman–Crippen LogP) is 17.3. The Balaban J connectivity index is 0.000000472. The number of thiazole rings is 5. The summed E-state index contributed by atoms with van der Waals surface area (Å²) in [7, 11) is 1.95. The maximum Gasteiger partial charge on any atom is 0.191 e. The van der Waals surface area contributed by atoms with Gasteiger partial charge >= 0.3 is 0 Å². The molecule has 0 amide bonds. The quantitative estimate of drug-likeness (QED) is 0.136. The predicted molar refractivity (Wildman–Crippen MR) is 349 cm³/mol. The van der Waals surface area contributed by atoms with Crippen molar-refractivity contribution in [2.45, 2.75) is 145 Å². The Morgan fingerprint density at radius 3 is 1.09 bits per heavy atom. The van der Waals surface area contributed by atoms with Gasteiger partial charge in [0.2, 0.25) is 0 Å². The van der Waals surface area contributed by atoms with Crippen LogP contribution in [-0.2, 0) is 7.05 Å². The van der Waals surface area contributed by atoms with Crippen molar-refractivity contribution in [1.82, 2.24) is 69.6 Å². The zero-order valence-electron chi connectivity index (χ0n) is 54.1. The van der Waals surface area contributed by atoms with E-state index < -0.39 is 0 Å². The van der Waals surface area contributed by atoms with Gasteiger partial charge in [0.1, 0.15) is 42.3 Å². The van der Waals surface area contributed by atoms with Crippen LogP contribution in [0.2, 0.25) is 0 Å². The maximum atomic E-state index is 4.97. The fourth-order valence-corrected chi connectivity index (χ4v) is 8.29. The first kappa shape index (κ1) is 76.8. The Hall–Kier alpha value is -8.17. The van der Waals surface area contributed by atoms with Crippen molar-refractivity contribution in [1.29, 1.82) is 0 Å². The smallest absolute Gasteiger partial charge is 0.191 e. The normalized spacial score (nSPS) is 9.26. The molecule has 0 saturated heterocycles. The average molecular weight is 1290 g/mol. The molecule has 0 atom stereocenters. The van der Waals surface area contributed by atoms with Crippen molar-refractivity contribution in [3.63, 3.8) is 0 Å².